The Hall–Kier alpha value is -1.77. The molecule has 156 valence electrons. The van der Waals surface area contributed by atoms with Crippen LogP contribution in [0.5, 0.6) is 0 Å². The van der Waals surface area contributed by atoms with E-state index in [1.807, 2.05) is 16.2 Å². The number of nitrogens with one attached hydrogen (secondary N) is 1. The van der Waals surface area contributed by atoms with Crippen LogP contribution in [-0.2, 0) is 36.0 Å². The Morgan fingerprint density at radius 1 is 1.34 bits per heavy atom. The van der Waals surface area contributed by atoms with Gasteiger partial charge >= 0.3 is 0 Å². The van der Waals surface area contributed by atoms with Gasteiger partial charge in [0, 0.05) is 55.7 Å². The first-order valence-electron chi connectivity index (χ1n) is 9.64. The van der Waals surface area contributed by atoms with Crippen LogP contribution in [0.1, 0.15) is 35.7 Å². The molecule has 5 nitrogen and oxygen atoms in total. The summed E-state index contributed by atoms with van der Waals surface area (Å²) in [7, 11) is 1.82. The third kappa shape index (κ3) is 3.85. The molecule has 1 aromatic heterocycles. The highest BCUT2D eigenvalue weighted by Gasteiger charge is 2.33. The van der Waals surface area contributed by atoms with E-state index in [4.69, 9.17) is 28.6 Å². The highest BCUT2D eigenvalue weighted by atomic mass is 35.5. The van der Waals surface area contributed by atoms with Gasteiger partial charge < -0.3 is 19.2 Å². The normalized spacial score (nSPS) is 19.4. The van der Waals surface area contributed by atoms with E-state index in [1.54, 1.807) is 0 Å². The molecule has 0 aliphatic carbocycles. The summed E-state index contributed by atoms with van der Waals surface area (Å²) in [4.78, 5) is 12.6. The van der Waals surface area contributed by atoms with Crippen molar-refractivity contribution in [3.8, 4) is 0 Å². The number of benzene rings is 1. The molecule has 2 aliphatic heterocycles. The zero-order valence-corrected chi connectivity index (χ0v) is 17.6. The van der Waals surface area contributed by atoms with Crippen molar-refractivity contribution in [3.63, 3.8) is 0 Å². The van der Waals surface area contributed by atoms with Crippen molar-refractivity contribution in [1.82, 2.24) is 14.5 Å². The summed E-state index contributed by atoms with van der Waals surface area (Å²) in [5.74, 6) is -1.84. The van der Waals surface area contributed by atoms with Crippen LogP contribution in [-0.4, -0.2) is 34.3 Å². The molecule has 1 amide bonds. The number of nitrogens with zero attached hydrogens (tertiary/aromatic N) is 2. The van der Waals surface area contributed by atoms with Crippen LogP contribution in [0.3, 0.4) is 0 Å². The Kier molecular flexibility index (Phi) is 5.77. The van der Waals surface area contributed by atoms with E-state index in [-0.39, 0.29) is 29.0 Å². The van der Waals surface area contributed by atoms with Crippen LogP contribution < -0.4 is 5.32 Å². The Morgan fingerprint density at radius 3 is 2.79 bits per heavy atom. The maximum atomic E-state index is 14.5. The number of carbonyl (C=O) groups excluding carboxylic acids is 1. The van der Waals surface area contributed by atoms with E-state index in [9.17, 15) is 13.6 Å². The third-order valence-corrected chi connectivity index (χ3v) is 6.61. The molecule has 2 aromatic rings. The zero-order chi connectivity index (χ0) is 20.7. The molecular weight excluding hydrogens is 420 g/mol. The molecular formula is C20H22ClF2N3O2S. The topological polar surface area (TPSA) is 48.2 Å². The van der Waals surface area contributed by atoms with Crippen molar-refractivity contribution in [2.45, 2.75) is 44.2 Å². The Morgan fingerprint density at radius 2 is 2.07 bits per heavy atom. The van der Waals surface area contributed by atoms with Crippen molar-refractivity contribution < 1.29 is 18.3 Å². The van der Waals surface area contributed by atoms with Crippen LogP contribution in [0.25, 0.3) is 0 Å². The van der Waals surface area contributed by atoms with Gasteiger partial charge in [-0.3, -0.25) is 4.79 Å². The second kappa shape index (κ2) is 8.16. The second-order valence-corrected chi connectivity index (χ2v) is 8.41. The van der Waals surface area contributed by atoms with E-state index in [0.717, 1.165) is 24.2 Å². The summed E-state index contributed by atoms with van der Waals surface area (Å²) in [6.07, 6.45) is 2.17. The number of aromatic nitrogens is 2. The number of ether oxygens (including phenoxy) is 1. The van der Waals surface area contributed by atoms with Gasteiger partial charge in [-0.1, -0.05) is 11.6 Å². The minimum atomic E-state index is -0.725. The molecule has 29 heavy (non-hydrogen) atoms. The SMILES string of the molecule is Cn1c(CC(=O)NC2CCOCC2)c2n(c1=S)C[C@H](c1c(F)ccc(Cl)c1F)C2. The van der Waals surface area contributed by atoms with E-state index >= 15 is 0 Å². The quantitative estimate of drug-likeness (QED) is 0.581. The average Bonchev–Trinajstić information content (AvgIpc) is 3.21. The molecule has 0 radical (unpaired) electrons. The summed E-state index contributed by atoms with van der Waals surface area (Å²) < 4.78 is 38.4. The van der Waals surface area contributed by atoms with Gasteiger partial charge in [-0.05, 0) is 43.6 Å². The predicted octanol–water partition coefficient (Wildman–Crippen LogP) is 3.67. The first kappa shape index (κ1) is 20.5. The maximum absolute atomic E-state index is 14.5. The summed E-state index contributed by atoms with van der Waals surface area (Å²) in [5, 5.41) is 2.95. The van der Waals surface area contributed by atoms with Crippen molar-refractivity contribution in [2.24, 2.45) is 7.05 Å². The predicted molar refractivity (Wildman–Crippen MR) is 108 cm³/mol. The fourth-order valence-electron chi connectivity index (χ4n) is 4.30. The summed E-state index contributed by atoms with van der Waals surface area (Å²) >= 11 is 11.4. The van der Waals surface area contributed by atoms with Crippen LogP contribution in [0, 0.1) is 16.4 Å². The highest BCUT2D eigenvalue weighted by Crippen LogP contribution is 2.37. The van der Waals surface area contributed by atoms with Crippen molar-refractivity contribution >= 4 is 29.7 Å². The highest BCUT2D eigenvalue weighted by molar-refractivity contribution is 7.71. The molecule has 1 saturated heterocycles. The van der Waals surface area contributed by atoms with Gasteiger partial charge in [0.1, 0.15) is 11.6 Å². The van der Waals surface area contributed by atoms with Gasteiger partial charge in [-0.15, -0.1) is 0 Å². The number of hydrogen-bond acceptors (Lipinski definition) is 3. The summed E-state index contributed by atoms with van der Waals surface area (Å²) in [5.41, 5.74) is 1.61. The number of hydrogen-bond donors (Lipinski definition) is 1. The van der Waals surface area contributed by atoms with Crippen LogP contribution in [0.4, 0.5) is 8.78 Å². The third-order valence-electron chi connectivity index (χ3n) is 5.83. The monoisotopic (exact) mass is 441 g/mol. The van der Waals surface area contributed by atoms with Crippen LogP contribution in [0.2, 0.25) is 5.02 Å². The molecule has 9 heteroatoms. The number of amides is 1. The standard InChI is InChI=1S/C20H22ClF2N3O2S/c1-25-15(9-17(27)24-12-4-6-28-7-5-12)16-8-11(10-26(16)20(25)29)18-14(22)3-2-13(21)19(18)23/h2-3,11-12H,4-10H2,1H3,(H,24,27)/t11-/m1/s1. The molecule has 1 aromatic carbocycles. The lowest BCUT2D eigenvalue weighted by molar-refractivity contribution is -0.121. The lowest BCUT2D eigenvalue weighted by atomic mass is 9.95. The number of rotatable bonds is 4. The Balaban J connectivity index is 1.57. The smallest absolute Gasteiger partial charge is 0.226 e. The number of carbonyl (C=O) groups is 1. The largest absolute Gasteiger partial charge is 0.381 e. The molecule has 1 atom stereocenters. The fraction of sp³-hybridized carbons (Fsp3) is 0.500. The lowest BCUT2D eigenvalue weighted by Gasteiger charge is -2.23. The maximum Gasteiger partial charge on any atom is 0.226 e. The summed E-state index contributed by atoms with van der Waals surface area (Å²) in [6, 6.07) is 2.52. The molecule has 0 saturated carbocycles. The van der Waals surface area contributed by atoms with Gasteiger partial charge in [0.2, 0.25) is 5.91 Å². The first-order valence-corrected chi connectivity index (χ1v) is 10.4. The van der Waals surface area contributed by atoms with E-state index in [0.29, 0.717) is 31.0 Å². The van der Waals surface area contributed by atoms with Crippen molar-refractivity contribution in [1.29, 1.82) is 0 Å². The van der Waals surface area contributed by atoms with Gasteiger partial charge in [0.25, 0.3) is 0 Å². The zero-order valence-electron chi connectivity index (χ0n) is 16.0. The molecule has 3 heterocycles. The van der Waals surface area contributed by atoms with Crippen LogP contribution in [0.15, 0.2) is 12.1 Å². The Labute approximate surface area is 177 Å². The average molecular weight is 442 g/mol. The van der Waals surface area contributed by atoms with Gasteiger partial charge in [-0.25, -0.2) is 8.78 Å². The molecule has 1 N–H and O–H groups in total. The van der Waals surface area contributed by atoms with Gasteiger partial charge in [0.05, 0.1) is 11.4 Å². The molecule has 4 rings (SSSR count). The number of fused-ring (bicyclic) bond motifs is 1. The lowest BCUT2D eigenvalue weighted by Crippen LogP contribution is -2.40. The molecule has 0 unspecified atom stereocenters. The number of halogens is 3. The first-order chi connectivity index (χ1) is 13.9. The van der Waals surface area contributed by atoms with E-state index in [1.165, 1.54) is 12.1 Å². The van der Waals surface area contributed by atoms with Crippen molar-refractivity contribution in [2.75, 3.05) is 13.2 Å². The van der Waals surface area contributed by atoms with Gasteiger partial charge in [0.15, 0.2) is 4.77 Å². The van der Waals surface area contributed by atoms with Crippen molar-refractivity contribution in [3.05, 3.63) is 50.5 Å². The van der Waals surface area contributed by atoms with Gasteiger partial charge in [-0.2, -0.15) is 0 Å². The van der Waals surface area contributed by atoms with Crippen LogP contribution >= 0.6 is 23.8 Å². The molecule has 0 spiro atoms. The fourth-order valence-corrected chi connectivity index (χ4v) is 4.76. The minimum Gasteiger partial charge on any atom is -0.381 e. The van der Waals surface area contributed by atoms with E-state index in [2.05, 4.69) is 5.32 Å². The molecule has 2 aliphatic rings. The summed E-state index contributed by atoms with van der Waals surface area (Å²) in [6.45, 7) is 1.65. The minimum absolute atomic E-state index is 0.0177. The molecule has 0 bridgehead atoms. The molecule has 1 fully saturated rings. The van der Waals surface area contributed by atoms with E-state index < -0.39 is 17.6 Å². The number of imidazole rings is 1. The Bertz CT molecular complexity index is 1010. The second-order valence-electron chi connectivity index (χ2n) is 7.63.